The molecule has 0 rings (SSSR count). The molecule has 0 unspecified atom stereocenters. The fraction of sp³-hybridized carbons (Fsp3) is 0.750. The summed E-state index contributed by atoms with van der Waals surface area (Å²) in [6, 6.07) is -1.85. The zero-order chi connectivity index (χ0) is 14.8. The van der Waals surface area contributed by atoms with E-state index in [2.05, 4.69) is 10.1 Å². The Hall–Kier alpha value is -1.63. The summed E-state index contributed by atoms with van der Waals surface area (Å²) in [4.78, 5) is 33.6. The van der Waals surface area contributed by atoms with Crippen LogP contribution in [0.15, 0.2) is 0 Å². The molecule has 0 saturated carbocycles. The van der Waals surface area contributed by atoms with E-state index in [0.717, 1.165) is 12.8 Å². The summed E-state index contributed by atoms with van der Waals surface area (Å²) in [5.41, 5.74) is 5.64. The molecule has 0 radical (unpaired) electrons. The van der Waals surface area contributed by atoms with Crippen LogP contribution in [0.5, 0.6) is 0 Å². The van der Waals surface area contributed by atoms with Gasteiger partial charge in [0, 0.05) is 6.42 Å². The van der Waals surface area contributed by atoms with Gasteiger partial charge >= 0.3 is 11.9 Å². The van der Waals surface area contributed by atoms with Crippen LogP contribution >= 0.6 is 0 Å². The minimum atomic E-state index is -1.19. The molecule has 0 heterocycles. The summed E-state index contributed by atoms with van der Waals surface area (Å²) in [6.45, 7) is 1.97. The predicted molar refractivity (Wildman–Crippen MR) is 68.3 cm³/mol. The van der Waals surface area contributed by atoms with Crippen LogP contribution in [0.25, 0.3) is 0 Å². The lowest BCUT2D eigenvalue weighted by molar-refractivity contribution is -0.144. The lowest BCUT2D eigenvalue weighted by atomic mass is 10.1. The van der Waals surface area contributed by atoms with Crippen molar-refractivity contribution in [3.05, 3.63) is 0 Å². The summed E-state index contributed by atoms with van der Waals surface area (Å²) in [6.07, 6.45) is 2.12. The van der Waals surface area contributed by atoms with Crippen LogP contribution in [0.3, 0.4) is 0 Å². The van der Waals surface area contributed by atoms with Crippen molar-refractivity contribution in [3.63, 3.8) is 0 Å². The maximum Gasteiger partial charge on any atom is 0.326 e. The van der Waals surface area contributed by atoms with Crippen LogP contribution in [-0.2, 0) is 19.1 Å². The van der Waals surface area contributed by atoms with Crippen molar-refractivity contribution in [2.45, 2.75) is 51.1 Å². The summed E-state index contributed by atoms with van der Waals surface area (Å²) in [5.74, 6) is -2.22. The zero-order valence-corrected chi connectivity index (χ0v) is 11.3. The SMILES string of the molecule is CCCC[C@H](N)C(=O)N[C@H](CCC(=O)OC)C(=O)O. The zero-order valence-electron chi connectivity index (χ0n) is 11.3. The van der Waals surface area contributed by atoms with Gasteiger partial charge in [-0.1, -0.05) is 19.8 Å². The molecule has 0 aliphatic carbocycles. The third-order valence-electron chi connectivity index (χ3n) is 2.68. The number of hydrogen-bond acceptors (Lipinski definition) is 5. The average Bonchev–Trinajstić information content (AvgIpc) is 2.39. The third kappa shape index (κ3) is 7.40. The molecule has 7 heteroatoms. The van der Waals surface area contributed by atoms with E-state index in [0.29, 0.717) is 6.42 Å². The Morgan fingerprint density at radius 3 is 2.42 bits per heavy atom. The largest absolute Gasteiger partial charge is 0.480 e. The van der Waals surface area contributed by atoms with Crippen molar-refractivity contribution < 1.29 is 24.2 Å². The molecule has 0 bridgehead atoms. The van der Waals surface area contributed by atoms with Gasteiger partial charge in [-0.2, -0.15) is 0 Å². The molecule has 0 aromatic heterocycles. The second-order valence-electron chi connectivity index (χ2n) is 4.26. The van der Waals surface area contributed by atoms with Gasteiger partial charge in [-0.3, -0.25) is 9.59 Å². The summed E-state index contributed by atoms with van der Waals surface area (Å²) in [5, 5.41) is 11.3. The molecular weight excluding hydrogens is 252 g/mol. The second-order valence-corrected chi connectivity index (χ2v) is 4.26. The first kappa shape index (κ1) is 17.4. The number of esters is 1. The van der Waals surface area contributed by atoms with Crippen molar-refractivity contribution in [3.8, 4) is 0 Å². The van der Waals surface area contributed by atoms with Gasteiger partial charge in [0.2, 0.25) is 5.91 Å². The molecule has 0 fully saturated rings. The molecule has 0 aliphatic heterocycles. The number of aliphatic carboxylic acids is 1. The molecule has 1 amide bonds. The van der Waals surface area contributed by atoms with E-state index in [1.165, 1.54) is 7.11 Å². The molecule has 19 heavy (non-hydrogen) atoms. The topological polar surface area (TPSA) is 119 Å². The monoisotopic (exact) mass is 274 g/mol. The maximum atomic E-state index is 11.7. The molecule has 7 nitrogen and oxygen atoms in total. The van der Waals surface area contributed by atoms with Crippen molar-refractivity contribution >= 4 is 17.8 Å². The first-order valence-electron chi connectivity index (χ1n) is 6.27. The Labute approximate surface area is 112 Å². The molecule has 0 spiro atoms. The van der Waals surface area contributed by atoms with E-state index in [4.69, 9.17) is 10.8 Å². The van der Waals surface area contributed by atoms with E-state index >= 15 is 0 Å². The van der Waals surface area contributed by atoms with Gasteiger partial charge in [-0.25, -0.2) is 4.79 Å². The van der Waals surface area contributed by atoms with Gasteiger partial charge < -0.3 is 20.9 Å². The second kappa shape index (κ2) is 9.32. The quantitative estimate of drug-likeness (QED) is 0.510. The molecule has 0 saturated heterocycles. The number of carbonyl (C=O) groups excluding carboxylic acids is 2. The van der Waals surface area contributed by atoms with Gasteiger partial charge in [0.15, 0.2) is 0 Å². The highest BCUT2D eigenvalue weighted by Gasteiger charge is 2.23. The fourth-order valence-electron chi connectivity index (χ4n) is 1.46. The Bertz CT molecular complexity index is 319. The number of amides is 1. The van der Waals surface area contributed by atoms with Crippen molar-refractivity contribution in [1.82, 2.24) is 5.32 Å². The Morgan fingerprint density at radius 1 is 1.32 bits per heavy atom. The lowest BCUT2D eigenvalue weighted by Gasteiger charge is -2.17. The van der Waals surface area contributed by atoms with Gasteiger partial charge in [-0.05, 0) is 12.8 Å². The summed E-state index contributed by atoms with van der Waals surface area (Å²) >= 11 is 0. The van der Waals surface area contributed by atoms with Crippen LogP contribution in [-0.4, -0.2) is 42.1 Å². The van der Waals surface area contributed by atoms with E-state index in [-0.39, 0.29) is 12.8 Å². The van der Waals surface area contributed by atoms with Crippen LogP contribution < -0.4 is 11.1 Å². The molecule has 4 N–H and O–H groups in total. The molecule has 0 aromatic carbocycles. The number of carboxylic acids is 1. The number of carbonyl (C=O) groups is 3. The van der Waals surface area contributed by atoms with Crippen LogP contribution in [0.4, 0.5) is 0 Å². The van der Waals surface area contributed by atoms with Crippen LogP contribution in [0.1, 0.15) is 39.0 Å². The number of ether oxygens (including phenoxy) is 1. The van der Waals surface area contributed by atoms with Crippen molar-refractivity contribution in [2.75, 3.05) is 7.11 Å². The number of carboxylic acid groups (broad SMARTS) is 1. The third-order valence-corrected chi connectivity index (χ3v) is 2.68. The standard InChI is InChI=1S/C12H22N2O5/c1-3-4-5-8(13)11(16)14-9(12(17)18)6-7-10(15)19-2/h8-9H,3-7,13H2,1-2H3,(H,14,16)(H,17,18)/t8-,9+/m0/s1. The summed E-state index contributed by atoms with van der Waals surface area (Å²) < 4.78 is 4.42. The number of methoxy groups -OCH3 is 1. The smallest absolute Gasteiger partial charge is 0.326 e. The van der Waals surface area contributed by atoms with Crippen LogP contribution in [0.2, 0.25) is 0 Å². The number of nitrogens with two attached hydrogens (primary N) is 1. The average molecular weight is 274 g/mol. The lowest BCUT2D eigenvalue weighted by Crippen LogP contribution is -2.48. The molecule has 0 aliphatic rings. The van der Waals surface area contributed by atoms with Crippen molar-refractivity contribution in [1.29, 1.82) is 0 Å². The molecule has 2 atom stereocenters. The number of unbranched alkanes of at least 4 members (excludes halogenated alkanes) is 1. The maximum absolute atomic E-state index is 11.7. The van der Waals surface area contributed by atoms with Gasteiger partial charge in [0.05, 0.1) is 13.2 Å². The van der Waals surface area contributed by atoms with Crippen LogP contribution in [0, 0.1) is 0 Å². The van der Waals surface area contributed by atoms with E-state index < -0.39 is 29.9 Å². The van der Waals surface area contributed by atoms with Gasteiger partial charge in [0.25, 0.3) is 0 Å². The van der Waals surface area contributed by atoms with Gasteiger partial charge in [-0.15, -0.1) is 0 Å². The van der Waals surface area contributed by atoms with E-state index in [9.17, 15) is 14.4 Å². The highest BCUT2D eigenvalue weighted by molar-refractivity contribution is 5.87. The number of nitrogens with one attached hydrogen (secondary N) is 1. The van der Waals surface area contributed by atoms with E-state index in [1.54, 1.807) is 0 Å². The Kier molecular flexibility index (Phi) is 8.52. The molecule has 0 aromatic rings. The Morgan fingerprint density at radius 2 is 1.95 bits per heavy atom. The van der Waals surface area contributed by atoms with Crippen molar-refractivity contribution in [2.24, 2.45) is 5.73 Å². The first-order chi connectivity index (χ1) is 8.92. The number of hydrogen-bond donors (Lipinski definition) is 3. The fourth-order valence-corrected chi connectivity index (χ4v) is 1.46. The van der Waals surface area contributed by atoms with Gasteiger partial charge in [0.1, 0.15) is 6.04 Å². The molecule has 110 valence electrons. The minimum absolute atomic E-state index is 0.0196. The first-order valence-corrected chi connectivity index (χ1v) is 6.27. The highest BCUT2D eigenvalue weighted by Crippen LogP contribution is 2.02. The Balaban J connectivity index is 4.29. The highest BCUT2D eigenvalue weighted by atomic mass is 16.5. The number of rotatable bonds is 9. The molecular formula is C12H22N2O5. The van der Waals surface area contributed by atoms with E-state index in [1.807, 2.05) is 6.92 Å². The predicted octanol–water partition coefficient (Wildman–Crippen LogP) is 0.0265. The normalized spacial score (nSPS) is 13.4. The summed E-state index contributed by atoms with van der Waals surface area (Å²) in [7, 11) is 1.22. The minimum Gasteiger partial charge on any atom is -0.480 e.